The third-order valence-corrected chi connectivity index (χ3v) is 3.55. The molecule has 0 heterocycles. The SMILES string of the molecule is NS(=O)(=O)c1cc(C(=O)Nc2ccccc2F)ccc1F. The molecule has 2 aromatic carbocycles. The number of hydrogen-bond donors (Lipinski definition) is 2. The second kappa shape index (κ2) is 5.58. The van der Waals surface area contributed by atoms with Crippen molar-refractivity contribution in [1.29, 1.82) is 0 Å². The van der Waals surface area contributed by atoms with E-state index >= 15 is 0 Å². The molecule has 0 saturated heterocycles. The van der Waals surface area contributed by atoms with Gasteiger partial charge in [0.05, 0.1) is 5.69 Å². The number of benzene rings is 2. The Labute approximate surface area is 119 Å². The quantitative estimate of drug-likeness (QED) is 0.906. The van der Waals surface area contributed by atoms with Crippen LogP contribution in [0.4, 0.5) is 14.5 Å². The van der Waals surface area contributed by atoms with Gasteiger partial charge in [-0.3, -0.25) is 4.79 Å². The molecule has 5 nitrogen and oxygen atoms in total. The van der Waals surface area contributed by atoms with Gasteiger partial charge in [0.2, 0.25) is 10.0 Å². The third kappa shape index (κ3) is 3.41. The molecule has 3 N–H and O–H groups in total. The molecule has 0 aromatic heterocycles. The number of amides is 1. The maximum Gasteiger partial charge on any atom is 0.255 e. The van der Waals surface area contributed by atoms with E-state index in [1.54, 1.807) is 0 Å². The summed E-state index contributed by atoms with van der Waals surface area (Å²) in [6.45, 7) is 0. The number of halogens is 2. The minimum absolute atomic E-state index is 0.0796. The highest BCUT2D eigenvalue weighted by atomic mass is 32.2. The first-order valence-electron chi connectivity index (χ1n) is 5.67. The summed E-state index contributed by atoms with van der Waals surface area (Å²) in [5.41, 5.74) is -0.243. The lowest BCUT2D eigenvalue weighted by Gasteiger charge is -2.07. The van der Waals surface area contributed by atoms with Crippen LogP contribution < -0.4 is 10.5 Å². The summed E-state index contributed by atoms with van der Waals surface area (Å²) in [7, 11) is -4.30. The predicted octanol–water partition coefficient (Wildman–Crippen LogP) is 1.86. The Hall–Kier alpha value is -2.32. The zero-order valence-corrected chi connectivity index (χ0v) is 11.3. The molecule has 21 heavy (non-hydrogen) atoms. The van der Waals surface area contributed by atoms with Gasteiger partial charge in [0, 0.05) is 5.56 Å². The minimum Gasteiger partial charge on any atom is -0.319 e. The summed E-state index contributed by atoms with van der Waals surface area (Å²) in [4.78, 5) is 11.1. The molecule has 0 aliphatic heterocycles. The normalized spacial score (nSPS) is 11.2. The first kappa shape index (κ1) is 15.1. The second-order valence-electron chi connectivity index (χ2n) is 4.12. The van der Waals surface area contributed by atoms with Crippen molar-refractivity contribution >= 4 is 21.6 Å². The molecular weight excluding hydrogens is 302 g/mol. The van der Waals surface area contributed by atoms with Crippen molar-refractivity contribution in [2.75, 3.05) is 5.32 Å². The van der Waals surface area contributed by atoms with E-state index in [9.17, 15) is 22.0 Å². The number of nitrogens with two attached hydrogens (primary N) is 1. The third-order valence-electron chi connectivity index (χ3n) is 2.62. The molecule has 1 amide bonds. The van der Waals surface area contributed by atoms with Gasteiger partial charge in [-0.15, -0.1) is 0 Å². The first-order valence-corrected chi connectivity index (χ1v) is 7.22. The molecule has 0 saturated carbocycles. The summed E-state index contributed by atoms with van der Waals surface area (Å²) in [5, 5.41) is 7.10. The second-order valence-corrected chi connectivity index (χ2v) is 5.65. The lowest BCUT2D eigenvalue weighted by molar-refractivity contribution is 0.102. The molecule has 0 unspecified atom stereocenters. The number of carbonyl (C=O) groups is 1. The van der Waals surface area contributed by atoms with E-state index in [0.29, 0.717) is 0 Å². The smallest absolute Gasteiger partial charge is 0.255 e. The van der Waals surface area contributed by atoms with Crippen molar-refractivity contribution in [3.05, 3.63) is 59.7 Å². The minimum atomic E-state index is -4.30. The summed E-state index contributed by atoms with van der Waals surface area (Å²) in [6.07, 6.45) is 0. The van der Waals surface area contributed by atoms with E-state index in [1.807, 2.05) is 0 Å². The Morgan fingerprint density at radius 3 is 2.33 bits per heavy atom. The average Bonchev–Trinajstić information content (AvgIpc) is 2.40. The number of para-hydroxylation sites is 1. The molecular formula is C13H10F2N2O3S. The van der Waals surface area contributed by atoms with Crippen LogP contribution in [0.2, 0.25) is 0 Å². The Bertz CT molecular complexity index is 807. The molecule has 0 fully saturated rings. The summed E-state index contributed by atoms with van der Waals surface area (Å²) >= 11 is 0. The van der Waals surface area contributed by atoms with E-state index in [1.165, 1.54) is 18.2 Å². The summed E-state index contributed by atoms with van der Waals surface area (Å²) in [6, 6.07) is 8.10. The lowest BCUT2D eigenvalue weighted by atomic mass is 10.2. The van der Waals surface area contributed by atoms with Crippen molar-refractivity contribution in [2.24, 2.45) is 5.14 Å². The fraction of sp³-hybridized carbons (Fsp3) is 0. The van der Waals surface area contributed by atoms with Crippen molar-refractivity contribution in [3.8, 4) is 0 Å². The molecule has 110 valence electrons. The van der Waals surface area contributed by atoms with E-state index in [4.69, 9.17) is 5.14 Å². The highest BCUT2D eigenvalue weighted by Crippen LogP contribution is 2.18. The van der Waals surface area contributed by atoms with Gasteiger partial charge in [0.1, 0.15) is 16.5 Å². The fourth-order valence-corrected chi connectivity index (χ4v) is 2.25. The van der Waals surface area contributed by atoms with Gasteiger partial charge in [-0.25, -0.2) is 22.3 Å². The topological polar surface area (TPSA) is 89.3 Å². The van der Waals surface area contributed by atoms with Crippen LogP contribution in [0.5, 0.6) is 0 Å². The number of nitrogens with one attached hydrogen (secondary N) is 1. The van der Waals surface area contributed by atoms with Crippen LogP contribution >= 0.6 is 0 Å². The highest BCUT2D eigenvalue weighted by Gasteiger charge is 2.18. The van der Waals surface area contributed by atoms with Crippen LogP contribution in [0, 0.1) is 11.6 Å². The lowest BCUT2D eigenvalue weighted by Crippen LogP contribution is -2.17. The number of primary sulfonamides is 1. The Morgan fingerprint density at radius 1 is 1.05 bits per heavy atom. The highest BCUT2D eigenvalue weighted by molar-refractivity contribution is 7.89. The van der Waals surface area contributed by atoms with E-state index < -0.39 is 32.5 Å². The van der Waals surface area contributed by atoms with Crippen LogP contribution in [-0.2, 0) is 10.0 Å². The predicted molar refractivity (Wildman–Crippen MR) is 72.1 cm³/mol. The van der Waals surface area contributed by atoms with Gasteiger partial charge >= 0.3 is 0 Å². The van der Waals surface area contributed by atoms with Crippen molar-refractivity contribution in [1.82, 2.24) is 0 Å². The van der Waals surface area contributed by atoms with Crippen molar-refractivity contribution in [2.45, 2.75) is 4.90 Å². The average molecular weight is 312 g/mol. The molecule has 0 spiro atoms. The van der Waals surface area contributed by atoms with Crippen LogP contribution in [0.3, 0.4) is 0 Å². The van der Waals surface area contributed by atoms with Gasteiger partial charge in [-0.1, -0.05) is 12.1 Å². The molecule has 2 rings (SSSR count). The first-order chi connectivity index (χ1) is 9.79. The van der Waals surface area contributed by atoms with Crippen LogP contribution in [0.15, 0.2) is 47.4 Å². The molecule has 0 aliphatic carbocycles. The summed E-state index contributed by atoms with van der Waals surface area (Å²) in [5.74, 6) is -2.51. The Balaban J connectivity index is 2.35. The standard InChI is InChI=1S/C13H10F2N2O3S/c14-9-3-1-2-4-11(9)17-13(18)8-5-6-10(15)12(7-8)21(16,19)20/h1-7H,(H,17,18)(H2,16,19,20). The molecule has 0 bridgehead atoms. The fourth-order valence-electron chi connectivity index (χ4n) is 1.62. The largest absolute Gasteiger partial charge is 0.319 e. The maximum atomic E-state index is 13.4. The number of sulfonamides is 1. The van der Waals surface area contributed by atoms with Gasteiger partial charge in [-0.05, 0) is 30.3 Å². The molecule has 2 aromatic rings. The Morgan fingerprint density at radius 2 is 1.71 bits per heavy atom. The van der Waals surface area contributed by atoms with Gasteiger partial charge in [0.25, 0.3) is 5.91 Å². The maximum absolute atomic E-state index is 13.4. The molecule has 8 heteroatoms. The molecule has 0 atom stereocenters. The zero-order valence-electron chi connectivity index (χ0n) is 10.5. The van der Waals surface area contributed by atoms with Gasteiger partial charge < -0.3 is 5.32 Å². The van der Waals surface area contributed by atoms with E-state index in [-0.39, 0.29) is 11.3 Å². The monoisotopic (exact) mass is 312 g/mol. The Kier molecular flexibility index (Phi) is 4.01. The summed E-state index contributed by atoms with van der Waals surface area (Å²) < 4.78 is 49.2. The van der Waals surface area contributed by atoms with Crippen LogP contribution in [-0.4, -0.2) is 14.3 Å². The van der Waals surface area contributed by atoms with Gasteiger partial charge in [-0.2, -0.15) is 0 Å². The number of rotatable bonds is 3. The van der Waals surface area contributed by atoms with Crippen molar-refractivity contribution < 1.29 is 22.0 Å². The van der Waals surface area contributed by atoms with E-state index in [2.05, 4.69) is 5.32 Å². The zero-order chi connectivity index (χ0) is 15.6. The van der Waals surface area contributed by atoms with Crippen LogP contribution in [0.1, 0.15) is 10.4 Å². The van der Waals surface area contributed by atoms with E-state index in [0.717, 1.165) is 24.3 Å². The number of hydrogen-bond acceptors (Lipinski definition) is 3. The molecule has 0 aliphatic rings. The van der Waals surface area contributed by atoms with Crippen molar-refractivity contribution in [3.63, 3.8) is 0 Å². The number of carbonyl (C=O) groups excluding carboxylic acids is 1. The van der Waals surface area contributed by atoms with Gasteiger partial charge in [0.15, 0.2) is 0 Å². The van der Waals surface area contributed by atoms with Crippen LogP contribution in [0.25, 0.3) is 0 Å². The number of anilines is 1. The molecule has 0 radical (unpaired) electrons.